The van der Waals surface area contributed by atoms with E-state index in [0.29, 0.717) is 22.9 Å². The molecule has 0 fully saturated rings. The van der Waals surface area contributed by atoms with Crippen LogP contribution in [0.1, 0.15) is 11.1 Å². The number of hydrazine groups is 1. The van der Waals surface area contributed by atoms with Crippen molar-refractivity contribution in [3.05, 3.63) is 64.7 Å². The molecule has 6 N–H and O–H groups in total. The number of halogens is 1. The molecule has 0 radical (unpaired) electrons. The molecule has 3 rings (SSSR count). The molecule has 0 amide bonds. The van der Waals surface area contributed by atoms with Gasteiger partial charge < -0.3 is 10.5 Å². The van der Waals surface area contributed by atoms with E-state index < -0.39 is 5.79 Å². The second-order valence-electron chi connectivity index (χ2n) is 4.93. The zero-order chi connectivity index (χ0) is 15.6. The summed E-state index contributed by atoms with van der Waals surface area (Å²) in [5.41, 5.74) is 18.9. The van der Waals surface area contributed by atoms with E-state index in [9.17, 15) is 0 Å². The normalized spacial score (nSPS) is 20.4. The molecule has 1 aliphatic rings. The van der Waals surface area contributed by atoms with E-state index in [0.717, 1.165) is 5.56 Å². The number of ether oxygens (including phenoxy) is 1. The summed E-state index contributed by atoms with van der Waals surface area (Å²) in [4.78, 5) is 4.11. The smallest absolute Gasteiger partial charge is 0.209 e. The number of aliphatic imine (C=N–C) groups is 1. The number of rotatable bonds is 4. The lowest BCUT2D eigenvalue weighted by Crippen LogP contribution is -2.50. The molecule has 7 heteroatoms. The van der Waals surface area contributed by atoms with Crippen LogP contribution in [0, 0.1) is 0 Å². The monoisotopic (exact) mass is 317 g/mol. The number of nitrogens with one attached hydrogen (secondary N) is 2. The summed E-state index contributed by atoms with van der Waals surface area (Å²) in [5, 5.41) is 0.459. The van der Waals surface area contributed by atoms with Gasteiger partial charge in [-0.25, -0.2) is 4.99 Å². The molecule has 2 aromatic carbocycles. The maximum atomic E-state index is 6.26. The predicted molar refractivity (Wildman–Crippen MR) is 86.0 cm³/mol. The molecule has 0 aliphatic carbocycles. The van der Waals surface area contributed by atoms with Crippen LogP contribution in [0.25, 0.3) is 0 Å². The molecular formula is C15H16ClN5O. The first-order valence-electron chi connectivity index (χ1n) is 6.71. The highest BCUT2D eigenvalue weighted by molar-refractivity contribution is 6.32. The van der Waals surface area contributed by atoms with Crippen molar-refractivity contribution >= 4 is 17.6 Å². The number of hydrogen-bond donors (Lipinski definition) is 4. The van der Waals surface area contributed by atoms with Crippen molar-refractivity contribution in [2.75, 3.05) is 0 Å². The fraction of sp³-hybridized carbons (Fsp3) is 0.133. The summed E-state index contributed by atoms with van der Waals surface area (Å²) in [6.07, 6.45) is 0. The average molecular weight is 318 g/mol. The predicted octanol–water partition coefficient (Wildman–Crippen LogP) is 1.41. The van der Waals surface area contributed by atoms with Crippen LogP contribution in [-0.2, 0) is 12.4 Å². The first kappa shape index (κ1) is 14.6. The van der Waals surface area contributed by atoms with Gasteiger partial charge in [-0.1, -0.05) is 41.9 Å². The summed E-state index contributed by atoms with van der Waals surface area (Å²) in [5.74, 6) is -0.324. The second kappa shape index (κ2) is 5.84. The molecular weight excluding hydrogens is 302 g/mol. The summed E-state index contributed by atoms with van der Waals surface area (Å²) >= 11 is 6.26. The van der Waals surface area contributed by atoms with Crippen LogP contribution in [0.15, 0.2) is 53.5 Å². The Morgan fingerprint density at radius 3 is 2.59 bits per heavy atom. The SMILES string of the molecule is NC1=NC(N)(c2ccc(OCc3ccccc3)c(Cl)c2)NN1. The first-order chi connectivity index (χ1) is 10.6. The number of guanidine groups is 1. The van der Waals surface area contributed by atoms with Crippen molar-refractivity contribution in [1.29, 1.82) is 0 Å². The summed E-state index contributed by atoms with van der Waals surface area (Å²) < 4.78 is 5.73. The van der Waals surface area contributed by atoms with Crippen LogP contribution in [0.2, 0.25) is 5.02 Å². The first-order valence-corrected chi connectivity index (χ1v) is 7.09. The van der Waals surface area contributed by atoms with Gasteiger partial charge in [0.2, 0.25) is 11.7 Å². The number of nitrogens with zero attached hydrogens (tertiary/aromatic N) is 1. The molecule has 1 atom stereocenters. The quantitative estimate of drug-likeness (QED) is 0.683. The van der Waals surface area contributed by atoms with Crippen LogP contribution < -0.4 is 27.1 Å². The topological polar surface area (TPSA) is 97.7 Å². The van der Waals surface area contributed by atoms with Crippen LogP contribution >= 0.6 is 11.6 Å². The third-order valence-electron chi connectivity index (χ3n) is 3.29. The zero-order valence-electron chi connectivity index (χ0n) is 11.7. The van der Waals surface area contributed by atoms with Crippen molar-refractivity contribution in [3.8, 4) is 5.75 Å². The van der Waals surface area contributed by atoms with E-state index >= 15 is 0 Å². The fourth-order valence-corrected chi connectivity index (χ4v) is 2.37. The van der Waals surface area contributed by atoms with Crippen LogP contribution in [0.5, 0.6) is 5.75 Å². The van der Waals surface area contributed by atoms with E-state index in [-0.39, 0.29) is 5.96 Å². The fourth-order valence-electron chi connectivity index (χ4n) is 2.13. The largest absolute Gasteiger partial charge is 0.487 e. The summed E-state index contributed by atoms with van der Waals surface area (Å²) in [6.45, 7) is 0.443. The molecule has 0 aromatic heterocycles. The van der Waals surface area contributed by atoms with Gasteiger partial charge in [-0.15, -0.1) is 0 Å². The van der Waals surface area contributed by atoms with Crippen LogP contribution in [0.3, 0.4) is 0 Å². The maximum absolute atomic E-state index is 6.26. The molecule has 0 saturated carbocycles. The van der Waals surface area contributed by atoms with Crippen molar-refractivity contribution in [2.24, 2.45) is 16.5 Å². The van der Waals surface area contributed by atoms with Gasteiger partial charge in [-0.2, -0.15) is 5.43 Å². The minimum Gasteiger partial charge on any atom is -0.487 e. The lowest BCUT2D eigenvalue weighted by molar-refractivity contribution is 0.305. The zero-order valence-corrected chi connectivity index (χ0v) is 12.5. The van der Waals surface area contributed by atoms with Gasteiger partial charge in [0.05, 0.1) is 5.02 Å². The van der Waals surface area contributed by atoms with Gasteiger partial charge in [-0.05, 0) is 23.8 Å². The Balaban J connectivity index is 1.75. The third-order valence-corrected chi connectivity index (χ3v) is 3.58. The molecule has 0 saturated heterocycles. The average Bonchev–Trinajstić information content (AvgIpc) is 2.87. The van der Waals surface area contributed by atoms with Crippen molar-refractivity contribution in [1.82, 2.24) is 10.9 Å². The second-order valence-corrected chi connectivity index (χ2v) is 5.34. The summed E-state index contributed by atoms with van der Waals surface area (Å²) in [7, 11) is 0. The van der Waals surface area contributed by atoms with Gasteiger partial charge >= 0.3 is 0 Å². The molecule has 1 heterocycles. The van der Waals surface area contributed by atoms with E-state index in [1.54, 1.807) is 18.2 Å². The van der Waals surface area contributed by atoms with E-state index in [1.807, 2.05) is 30.3 Å². The van der Waals surface area contributed by atoms with E-state index in [4.69, 9.17) is 27.8 Å². The van der Waals surface area contributed by atoms with Crippen molar-refractivity contribution < 1.29 is 4.74 Å². The van der Waals surface area contributed by atoms with Gasteiger partial charge in [0.1, 0.15) is 12.4 Å². The molecule has 22 heavy (non-hydrogen) atoms. The van der Waals surface area contributed by atoms with Crippen molar-refractivity contribution in [2.45, 2.75) is 12.4 Å². The highest BCUT2D eigenvalue weighted by Crippen LogP contribution is 2.30. The van der Waals surface area contributed by atoms with Gasteiger partial charge in [-0.3, -0.25) is 11.2 Å². The molecule has 1 aliphatic heterocycles. The Kier molecular flexibility index (Phi) is 3.89. The molecule has 6 nitrogen and oxygen atoms in total. The van der Waals surface area contributed by atoms with Crippen molar-refractivity contribution in [3.63, 3.8) is 0 Å². The Bertz CT molecular complexity index is 706. The minimum atomic E-state index is -1.13. The Morgan fingerprint density at radius 1 is 1.18 bits per heavy atom. The molecule has 114 valence electrons. The Morgan fingerprint density at radius 2 is 1.95 bits per heavy atom. The molecule has 0 bridgehead atoms. The van der Waals surface area contributed by atoms with Crippen LogP contribution in [-0.4, -0.2) is 5.96 Å². The lowest BCUT2D eigenvalue weighted by atomic mass is 10.1. The third kappa shape index (κ3) is 2.99. The number of benzene rings is 2. The number of hydrogen-bond acceptors (Lipinski definition) is 6. The molecule has 1 unspecified atom stereocenters. The minimum absolute atomic E-state index is 0.225. The van der Waals surface area contributed by atoms with E-state index in [2.05, 4.69) is 15.8 Å². The highest BCUT2D eigenvalue weighted by atomic mass is 35.5. The Hall–Kier alpha value is -2.28. The van der Waals surface area contributed by atoms with Crippen LogP contribution in [0.4, 0.5) is 0 Å². The van der Waals surface area contributed by atoms with E-state index in [1.165, 1.54) is 0 Å². The lowest BCUT2D eigenvalue weighted by Gasteiger charge is -2.21. The van der Waals surface area contributed by atoms with Gasteiger partial charge in [0.15, 0.2) is 0 Å². The molecule has 0 spiro atoms. The summed E-state index contributed by atoms with van der Waals surface area (Å²) in [6, 6.07) is 15.1. The van der Waals surface area contributed by atoms with Gasteiger partial charge in [0.25, 0.3) is 0 Å². The van der Waals surface area contributed by atoms with Gasteiger partial charge in [0, 0.05) is 5.56 Å². The molecule has 2 aromatic rings. The standard InChI is InChI=1S/C15H16ClN5O/c16-12-8-11(15(18)19-14(17)20-21-15)6-7-13(12)22-9-10-4-2-1-3-5-10/h1-8,21H,9,18H2,(H3,17,19,20). The number of nitrogens with two attached hydrogens (primary N) is 2. The maximum Gasteiger partial charge on any atom is 0.209 e. The highest BCUT2D eigenvalue weighted by Gasteiger charge is 2.31. The Labute approximate surface area is 133 Å².